The number of hydrogen-bond donors (Lipinski definition) is 2. The van der Waals surface area contributed by atoms with Crippen LogP contribution in [0, 0.1) is 5.82 Å². The van der Waals surface area contributed by atoms with Gasteiger partial charge in [-0.25, -0.2) is 23.7 Å². The molecular weight excluding hydrogens is 506 g/mol. The molecule has 2 aromatic heterocycles. The van der Waals surface area contributed by atoms with Crippen LogP contribution in [0.15, 0.2) is 33.6 Å². The number of alkyl halides is 1. The van der Waals surface area contributed by atoms with Gasteiger partial charge in [-0.1, -0.05) is 25.4 Å². The van der Waals surface area contributed by atoms with Crippen molar-refractivity contribution in [2.45, 2.75) is 26.1 Å². The first-order chi connectivity index (χ1) is 16.3. The molecule has 0 bridgehead atoms. The summed E-state index contributed by atoms with van der Waals surface area (Å²) >= 11 is 13.5. The van der Waals surface area contributed by atoms with Gasteiger partial charge in [-0.05, 0) is 30.3 Å². The number of halogens is 3. The van der Waals surface area contributed by atoms with E-state index in [0.717, 1.165) is 12.1 Å². The molecule has 34 heavy (non-hydrogen) atoms. The second kappa shape index (κ2) is 12.8. The molecular formula is C22H25Cl2FN4O4S. The fraction of sp³-hybridized carbons (Fsp3) is 0.318. The molecule has 0 atom stereocenters. The smallest absolute Gasteiger partial charge is 0.414 e. The van der Waals surface area contributed by atoms with E-state index in [1.165, 1.54) is 43.4 Å². The fourth-order valence-electron chi connectivity index (χ4n) is 2.88. The summed E-state index contributed by atoms with van der Waals surface area (Å²) in [5.41, 5.74) is 0.332. The third kappa shape index (κ3) is 6.32. The van der Waals surface area contributed by atoms with Crippen LogP contribution in [0.5, 0.6) is 5.75 Å². The van der Waals surface area contributed by atoms with E-state index < -0.39 is 17.5 Å². The van der Waals surface area contributed by atoms with Gasteiger partial charge in [0, 0.05) is 61.7 Å². The molecule has 2 N–H and O–H groups in total. The van der Waals surface area contributed by atoms with Gasteiger partial charge in [0.25, 0.3) is 0 Å². The van der Waals surface area contributed by atoms with Crippen LogP contribution >= 0.6 is 35.3 Å². The summed E-state index contributed by atoms with van der Waals surface area (Å²) < 4.78 is 31.0. The van der Waals surface area contributed by atoms with E-state index in [1.54, 1.807) is 7.05 Å². The summed E-state index contributed by atoms with van der Waals surface area (Å²) in [5.74, 6) is -0.584. The van der Waals surface area contributed by atoms with Crippen molar-refractivity contribution >= 4 is 58.2 Å². The third-order valence-corrected chi connectivity index (χ3v) is 5.52. The molecule has 0 aliphatic carbocycles. The average Bonchev–Trinajstić information content (AvgIpc) is 2.82. The molecule has 0 saturated heterocycles. The Morgan fingerprint density at radius 2 is 2.00 bits per heavy atom. The molecule has 3 rings (SSSR count). The monoisotopic (exact) mass is 530 g/mol. The number of anilines is 1. The van der Waals surface area contributed by atoms with Gasteiger partial charge in [-0.15, -0.1) is 11.6 Å². The van der Waals surface area contributed by atoms with E-state index in [-0.39, 0.29) is 45.6 Å². The minimum Gasteiger partial charge on any atom is -0.422 e. The fourth-order valence-corrected chi connectivity index (χ4v) is 3.73. The zero-order chi connectivity index (χ0) is 25.4. The number of amides is 1. The maximum atomic E-state index is 14.9. The second-order valence-corrected chi connectivity index (χ2v) is 8.23. The molecule has 1 aromatic carbocycles. The van der Waals surface area contributed by atoms with Crippen molar-refractivity contribution < 1.29 is 18.3 Å². The lowest BCUT2D eigenvalue weighted by molar-refractivity contribution is 0.172. The number of carbonyl (C=O) groups is 1. The minimum atomic E-state index is -0.685. The van der Waals surface area contributed by atoms with Crippen molar-refractivity contribution in [3.63, 3.8) is 0 Å². The molecule has 3 aromatic rings. The number of rotatable bonds is 7. The first-order valence-electron chi connectivity index (χ1n) is 10.2. The van der Waals surface area contributed by atoms with Crippen LogP contribution < -0.4 is 19.8 Å². The Morgan fingerprint density at radius 1 is 1.29 bits per heavy atom. The van der Waals surface area contributed by atoms with Gasteiger partial charge in [0.2, 0.25) is 0 Å². The van der Waals surface area contributed by atoms with E-state index in [2.05, 4.69) is 14.4 Å². The van der Waals surface area contributed by atoms with Gasteiger partial charge in [-0.3, -0.25) is 4.72 Å². The Balaban J connectivity index is 0.00000199. The van der Waals surface area contributed by atoms with E-state index in [9.17, 15) is 14.0 Å². The van der Waals surface area contributed by atoms with Crippen LogP contribution in [0.1, 0.15) is 30.5 Å². The van der Waals surface area contributed by atoms with Crippen molar-refractivity contribution in [1.82, 2.24) is 14.6 Å². The highest BCUT2D eigenvalue weighted by atomic mass is 35.5. The first-order valence-corrected chi connectivity index (χ1v) is 11.9. The Bertz CT molecular complexity index is 1220. The lowest BCUT2D eigenvalue weighted by atomic mass is 9.99. The number of nitrogens with zero attached hydrogens (tertiary/aromatic N) is 2. The summed E-state index contributed by atoms with van der Waals surface area (Å²) in [6.45, 7) is 4.00. The number of fused-ring (bicyclic) bond motifs is 1. The van der Waals surface area contributed by atoms with Crippen molar-refractivity contribution in [2.24, 2.45) is 0 Å². The number of nitrogens with one attached hydrogen (secondary N) is 2. The van der Waals surface area contributed by atoms with E-state index in [1.807, 2.05) is 13.8 Å². The van der Waals surface area contributed by atoms with Crippen LogP contribution in [0.25, 0.3) is 11.0 Å². The standard InChI is InChI=1S/C20H19Cl2FN4O4S.C2H6/c1-24-32-26-18-17(23)10(4-5-25-18)6-12-13(9-21)11-7-14(22)16(31-20(29)27(2)3)8-15(11)30-19(12)28;1-2/h4-5,7-8,24H,6,9H2,1-3H3,(H,25,26);1-2H3. The second-order valence-electron chi connectivity index (χ2n) is 6.74. The van der Waals surface area contributed by atoms with E-state index in [4.69, 9.17) is 32.4 Å². The van der Waals surface area contributed by atoms with Gasteiger partial charge < -0.3 is 14.1 Å². The molecule has 2 heterocycles. The van der Waals surface area contributed by atoms with Crippen LogP contribution in [-0.2, 0) is 12.3 Å². The van der Waals surface area contributed by atoms with Gasteiger partial charge in [0.05, 0.1) is 5.02 Å². The van der Waals surface area contributed by atoms with E-state index >= 15 is 0 Å². The summed E-state index contributed by atoms with van der Waals surface area (Å²) in [5, 5.41) is 0.590. The van der Waals surface area contributed by atoms with Crippen LogP contribution in [0.3, 0.4) is 0 Å². The number of carbonyl (C=O) groups excluding carboxylic acids is 1. The van der Waals surface area contributed by atoms with Crippen molar-refractivity contribution in [2.75, 3.05) is 25.9 Å². The highest BCUT2D eigenvalue weighted by Gasteiger charge is 2.20. The molecule has 0 aliphatic heterocycles. The minimum absolute atomic E-state index is 0.0230. The summed E-state index contributed by atoms with van der Waals surface area (Å²) in [6, 6.07) is 4.33. The quantitative estimate of drug-likeness (QED) is 0.231. The Labute approximate surface area is 211 Å². The van der Waals surface area contributed by atoms with Crippen LogP contribution in [0.4, 0.5) is 15.0 Å². The van der Waals surface area contributed by atoms with Crippen molar-refractivity contribution in [3.8, 4) is 5.75 Å². The molecule has 0 spiro atoms. The molecule has 0 unspecified atom stereocenters. The largest absolute Gasteiger partial charge is 0.422 e. The van der Waals surface area contributed by atoms with E-state index in [0.29, 0.717) is 10.9 Å². The summed E-state index contributed by atoms with van der Waals surface area (Å²) in [6.07, 6.45) is 0.724. The predicted molar refractivity (Wildman–Crippen MR) is 135 cm³/mol. The number of pyridine rings is 1. The number of aromatic nitrogens is 1. The third-order valence-electron chi connectivity index (χ3n) is 4.45. The van der Waals surface area contributed by atoms with Gasteiger partial charge in [0.1, 0.15) is 5.58 Å². The molecule has 12 heteroatoms. The molecule has 8 nitrogen and oxygen atoms in total. The summed E-state index contributed by atoms with van der Waals surface area (Å²) in [7, 11) is 4.71. The predicted octanol–water partition coefficient (Wildman–Crippen LogP) is 5.59. The topological polar surface area (TPSA) is 96.7 Å². The van der Waals surface area contributed by atoms with Crippen LogP contribution in [0.2, 0.25) is 5.02 Å². The van der Waals surface area contributed by atoms with Gasteiger partial charge >= 0.3 is 11.7 Å². The molecule has 0 radical (unpaired) electrons. The molecule has 0 fully saturated rings. The number of ether oxygens (including phenoxy) is 1. The summed E-state index contributed by atoms with van der Waals surface area (Å²) in [4.78, 5) is 29.8. The molecule has 184 valence electrons. The highest BCUT2D eigenvalue weighted by molar-refractivity contribution is 7.98. The molecule has 0 saturated carbocycles. The lowest BCUT2D eigenvalue weighted by Gasteiger charge is -2.14. The molecule has 1 amide bonds. The SMILES string of the molecule is CC.CNSNc1nccc(Cc2c(CCl)c3cc(Cl)c(OC(=O)N(C)C)cc3oc2=O)c1F. The highest BCUT2D eigenvalue weighted by Crippen LogP contribution is 2.34. The number of hydrogen-bond acceptors (Lipinski definition) is 8. The Hall–Kier alpha value is -2.53. The van der Waals surface area contributed by atoms with Crippen molar-refractivity contribution in [1.29, 1.82) is 0 Å². The Morgan fingerprint density at radius 3 is 2.62 bits per heavy atom. The number of benzene rings is 1. The normalized spacial score (nSPS) is 10.5. The maximum absolute atomic E-state index is 14.9. The maximum Gasteiger partial charge on any atom is 0.414 e. The zero-order valence-electron chi connectivity index (χ0n) is 19.3. The lowest BCUT2D eigenvalue weighted by Crippen LogP contribution is -2.25. The first kappa shape index (κ1) is 27.7. The average molecular weight is 531 g/mol. The van der Waals surface area contributed by atoms with Gasteiger partial charge in [0.15, 0.2) is 17.4 Å². The molecule has 0 aliphatic rings. The van der Waals surface area contributed by atoms with Gasteiger partial charge in [-0.2, -0.15) is 0 Å². The zero-order valence-corrected chi connectivity index (χ0v) is 21.6. The van der Waals surface area contributed by atoms with Crippen molar-refractivity contribution in [3.05, 3.63) is 62.3 Å². The van der Waals surface area contributed by atoms with Crippen LogP contribution in [-0.4, -0.2) is 37.1 Å². The Kier molecular flexibility index (Phi) is 10.4.